The Kier molecular flexibility index (Phi) is 5.33. The molecule has 0 bridgehead atoms. The van der Waals surface area contributed by atoms with Crippen LogP contribution < -0.4 is 4.72 Å². The highest BCUT2D eigenvalue weighted by atomic mass is 32.2. The molecule has 0 aromatic heterocycles. The normalized spacial score (nSPS) is 10.8. The first-order valence-electron chi connectivity index (χ1n) is 3.67. The lowest BCUT2D eigenvalue weighted by Crippen LogP contribution is -2.25. The van der Waals surface area contributed by atoms with Gasteiger partial charge in [-0.25, -0.2) is 13.1 Å². The average molecular weight is 207 g/mol. The molecule has 13 heavy (non-hydrogen) atoms. The van der Waals surface area contributed by atoms with E-state index >= 15 is 0 Å². The zero-order chi connectivity index (χ0) is 10.3. The van der Waals surface area contributed by atoms with E-state index in [4.69, 9.17) is 0 Å². The molecule has 76 valence electrons. The van der Waals surface area contributed by atoms with Gasteiger partial charge >= 0.3 is 5.97 Å². The number of carbonyl (C=O) groups is 1. The fourth-order valence-electron chi connectivity index (χ4n) is 0.563. The van der Waals surface area contributed by atoms with Gasteiger partial charge in [0.2, 0.25) is 10.0 Å². The molecule has 0 aromatic rings. The molecule has 0 amide bonds. The Morgan fingerprint density at radius 1 is 1.62 bits per heavy atom. The minimum absolute atomic E-state index is 0.0287. The summed E-state index contributed by atoms with van der Waals surface area (Å²) >= 11 is 0. The third-order valence-corrected chi connectivity index (χ3v) is 1.78. The molecule has 5 nitrogen and oxygen atoms in total. The molecular formula is C7H13NO4S. The molecule has 0 atom stereocenters. The standard InChI is InChI=1S/C7H13NO4S/c1-3-6-12-7(9)4-5-8-13(2,10)11/h3,8H,1,4-6H2,2H3. The second kappa shape index (κ2) is 5.71. The summed E-state index contributed by atoms with van der Waals surface area (Å²) in [5.41, 5.74) is 0. The molecule has 0 radical (unpaired) electrons. The van der Waals surface area contributed by atoms with E-state index < -0.39 is 16.0 Å². The quantitative estimate of drug-likeness (QED) is 0.477. The summed E-state index contributed by atoms with van der Waals surface area (Å²) in [4.78, 5) is 10.8. The monoisotopic (exact) mass is 207 g/mol. The van der Waals surface area contributed by atoms with Crippen molar-refractivity contribution in [1.82, 2.24) is 4.72 Å². The van der Waals surface area contributed by atoms with Crippen molar-refractivity contribution in [1.29, 1.82) is 0 Å². The minimum Gasteiger partial charge on any atom is -0.461 e. The van der Waals surface area contributed by atoms with E-state index in [1.54, 1.807) is 0 Å². The van der Waals surface area contributed by atoms with E-state index in [0.717, 1.165) is 6.26 Å². The first kappa shape index (κ1) is 12.1. The van der Waals surface area contributed by atoms with Gasteiger partial charge in [-0.15, -0.1) is 0 Å². The lowest BCUT2D eigenvalue weighted by molar-refractivity contribution is -0.142. The SMILES string of the molecule is C=CCOC(=O)CCNS(C)(=O)=O. The number of rotatable bonds is 6. The van der Waals surface area contributed by atoms with Gasteiger partial charge in [-0.1, -0.05) is 12.7 Å². The van der Waals surface area contributed by atoms with Gasteiger partial charge in [-0.3, -0.25) is 4.79 Å². The molecule has 6 heteroatoms. The lowest BCUT2D eigenvalue weighted by Gasteiger charge is -2.02. The van der Waals surface area contributed by atoms with Gasteiger partial charge in [0.1, 0.15) is 6.61 Å². The highest BCUT2D eigenvalue weighted by Gasteiger charge is 2.04. The van der Waals surface area contributed by atoms with Crippen LogP contribution >= 0.6 is 0 Å². The summed E-state index contributed by atoms with van der Waals surface area (Å²) < 4.78 is 27.9. The minimum atomic E-state index is -3.22. The van der Waals surface area contributed by atoms with E-state index in [1.165, 1.54) is 6.08 Å². The Balaban J connectivity index is 3.54. The summed E-state index contributed by atoms with van der Waals surface area (Å²) in [5, 5.41) is 0. The van der Waals surface area contributed by atoms with Gasteiger partial charge in [0.25, 0.3) is 0 Å². The van der Waals surface area contributed by atoms with Crippen LogP contribution in [-0.4, -0.2) is 33.8 Å². The van der Waals surface area contributed by atoms with Gasteiger partial charge in [0, 0.05) is 6.54 Å². The summed E-state index contributed by atoms with van der Waals surface area (Å²) in [6, 6.07) is 0. The summed E-state index contributed by atoms with van der Waals surface area (Å²) in [5.74, 6) is -0.448. The second-order valence-corrected chi connectivity index (χ2v) is 4.22. The Hall–Kier alpha value is -0.880. The number of ether oxygens (including phenoxy) is 1. The van der Waals surface area contributed by atoms with Gasteiger partial charge in [-0.05, 0) is 0 Å². The maximum Gasteiger partial charge on any atom is 0.307 e. The first-order valence-corrected chi connectivity index (χ1v) is 5.56. The van der Waals surface area contributed by atoms with Crippen molar-refractivity contribution in [2.24, 2.45) is 0 Å². The lowest BCUT2D eigenvalue weighted by atomic mass is 10.4. The molecule has 0 aliphatic carbocycles. The molecule has 0 rings (SSSR count). The van der Waals surface area contributed by atoms with Crippen molar-refractivity contribution in [3.63, 3.8) is 0 Å². The molecule has 1 N–H and O–H groups in total. The van der Waals surface area contributed by atoms with E-state index in [0.29, 0.717) is 0 Å². The Morgan fingerprint density at radius 2 is 2.23 bits per heavy atom. The van der Waals surface area contributed by atoms with Crippen molar-refractivity contribution < 1.29 is 17.9 Å². The van der Waals surface area contributed by atoms with E-state index in [1.807, 2.05) is 0 Å². The third-order valence-electron chi connectivity index (χ3n) is 1.06. The molecule has 0 fully saturated rings. The number of hydrogen-bond donors (Lipinski definition) is 1. The second-order valence-electron chi connectivity index (χ2n) is 2.39. The van der Waals surface area contributed by atoms with Crippen LogP contribution in [0.5, 0.6) is 0 Å². The van der Waals surface area contributed by atoms with E-state index in [2.05, 4.69) is 16.0 Å². The van der Waals surface area contributed by atoms with Gasteiger partial charge in [0.05, 0.1) is 12.7 Å². The number of esters is 1. The van der Waals surface area contributed by atoms with Crippen LogP contribution in [0, 0.1) is 0 Å². The van der Waals surface area contributed by atoms with Gasteiger partial charge in [-0.2, -0.15) is 0 Å². The van der Waals surface area contributed by atoms with Crippen molar-refractivity contribution >= 4 is 16.0 Å². The molecule has 0 saturated carbocycles. The Morgan fingerprint density at radius 3 is 2.69 bits per heavy atom. The molecule has 0 heterocycles. The third kappa shape index (κ3) is 9.03. The highest BCUT2D eigenvalue weighted by molar-refractivity contribution is 7.88. The van der Waals surface area contributed by atoms with Crippen LogP contribution in [0.2, 0.25) is 0 Å². The number of sulfonamides is 1. The molecule has 0 spiro atoms. The van der Waals surface area contributed by atoms with Crippen molar-refractivity contribution in [2.45, 2.75) is 6.42 Å². The number of carbonyl (C=O) groups excluding carboxylic acids is 1. The smallest absolute Gasteiger partial charge is 0.307 e. The van der Waals surface area contributed by atoms with Crippen LogP contribution in [0.15, 0.2) is 12.7 Å². The topological polar surface area (TPSA) is 72.5 Å². The molecular weight excluding hydrogens is 194 g/mol. The van der Waals surface area contributed by atoms with E-state index in [9.17, 15) is 13.2 Å². The molecule has 0 aliphatic heterocycles. The number of hydrogen-bond acceptors (Lipinski definition) is 4. The highest BCUT2D eigenvalue weighted by Crippen LogP contribution is 1.86. The molecule has 0 aliphatic rings. The predicted molar refractivity (Wildman–Crippen MR) is 48.6 cm³/mol. The van der Waals surface area contributed by atoms with Crippen molar-refractivity contribution in [3.05, 3.63) is 12.7 Å². The maximum atomic E-state index is 10.8. The van der Waals surface area contributed by atoms with E-state index in [-0.39, 0.29) is 19.6 Å². The maximum absolute atomic E-state index is 10.8. The average Bonchev–Trinajstić information content (AvgIpc) is 1.98. The molecule has 0 aromatic carbocycles. The van der Waals surface area contributed by atoms with Crippen LogP contribution in [-0.2, 0) is 19.6 Å². The largest absolute Gasteiger partial charge is 0.461 e. The van der Waals surface area contributed by atoms with Crippen molar-refractivity contribution in [2.75, 3.05) is 19.4 Å². The fraction of sp³-hybridized carbons (Fsp3) is 0.571. The Bertz CT molecular complexity index is 270. The summed E-state index contributed by atoms with van der Waals surface area (Å²) in [6.07, 6.45) is 2.50. The fourth-order valence-corrected chi connectivity index (χ4v) is 1.04. The van der Waals surface area contributed by atoms with Crippen LogP contribution in [0.3, 0.4) is 0 Å². The van der Waals surface area contributed by atoms with Crippen LogP contribution in [0.4, 0.5) is 0 Å². The number of nitrogens with one attached hydrogen (secondary N) is 1. The van der Waals surface area contributed by atoms with Gasteiger partial charge in [0.15, 0.2) is 0 Å². The zero-order valence-corrected chi connectivity index (χ0v) is 8.26. The summed E-state index contributed by atoms with van der Waals surface area (Å²) in [7, 11) is -3.22. The summed E-state index contributed by atoms with van der Waals surface area (Å²) in [6.45, 7) is 3.58. The van der Waals surface area contributed by atoms with Crippen LogP contribution in [0.25, 0.3) is 0 Å². The Labute approximate surface area is 77.8 Å². The molecule has 0 unspecified atom stereocenters. The molecule has 0 saturated heterocycles. The first-order chi connectivity index (χ1) is 5.95. The van der Waals surface area contributed by atoms with Crippen LogP contribution in [0.1, 0.15) is 6.42 Å². The predicted octanol–water partition coefficient (Wildman–Crippen LogP) is -0.345. The van der Waals surface area contributed by atoms with Crippen molar-refractivity contribution in [3.8, 4) is 0 Å². The zero-order valence-electron chi connectivity index (χ0n) is 7.45. The van der Waals surface area contributed by atoms with Gasteiger partial charge < -0.3 is 4.74 Å².